The largest absolute Gasteiger partial charge is 0.478 e. The van der Waals surface area contributed by atoms with Crippen LogP contribution in [-0.4, -0.2) is 22.8 Å². The molecule has 5 nitrogen and oxygen atoms in total. The highest BCUT2D eigenvalue weighted by atomic mass is 16.4. The minimum atomic E-state index is -1.03. The molecule has 1 aromatic rings. The fourth-order valence-corrected chi connectivity index (χ4v) is 5.98. The monoisotopic (exact) mass is 341 g/mol. The SMILES string of the molecule is NC(=O)C(C(=O)C12CC3CC(CC(C3)C1)C2)c1ccc(C(=O)O)cc1. The zero-order chi connectivity index (χ0) is 17.8. The maximum Gasteiger partial charge on any atom is 0.335 e. The average Bonchev–Trinajstić information content (AvgIpc) is 2.54. The van der Waals surface area contributed by atoms with Crippen LogP contribution in [0.1, 0.15) is 60.4 Å². The van der Waals surface area contributed by atoms with Crippen LogP contribution < -0.4 is 5.73 Å². The predicted octanol–water partition coefficient (Wildman–Crippen LogP) is 2.74. The van der Waals surface area contributed by atoms with E-state index in [0.29, 0.717) is 23.3 Å². The molecule has 1 amide bonds. The first-order valence-electron chi connectivity index (χ1n) is 9.05. The number of carboxylic acids is 1. The average molecular weight is 341 g/mol. The number of amides is 1. The molecule has 5 rings (SSSR count). The normalized spacial score (nSPS) is 33.8. The Hall–Kier alpha value is -2.17. The molecule has 0 radical (unpaired) electrons. The van der Waals surface area contributed by atoms with Gasteiger partial charge in [0.25, 0.3) is 0 Å². The molecule has 1 unspecified atom stereocenters. The van der Waals surface area contributed by atoms with Crippen LogP contribution in [0.15, 0.2) is 24.3 Å². The first kappa shape index (κ1) is 16.3. The van der Waals surface area contributed by atoms with E-state index in [-0.39, 0.29) is 11.3 Å². The fraction of sp³-hybridized carbons (Fsp3) is 0.550. The van der Waals surface area contributed by atoms with Gasteiger partial charge in [-0.25, -0.2) is 4.79 Å². The highest BCUT2D eigenvalue weighted by molar-refractivity contribution is 6.08. The van der Waals surface area contributed by atoms with Crippen molar-refractivity contribution < 1.29 is 19.5 Å². The number of carbonyl (C=O) groups excluding carboxylic acids is 2. The molecule has 4 aliphatic rings. The Morgan fingerprint density at radius 1 is 0.960 bits per heavy atom. The lowest BCUT2D eigenvalue weighted by Crippen LogP contribution is -2.52. The fourth-order valence-electron chi connectivity index (χ4n) is 5.98. The van der Waals surface area contributed by atoms with E-state index < -0.39 is 23.2 Å². The summed E-state index contributed by atoms with van der Waals surface area (Å²) in [5.74, 6) is -0.853. The molecule has 5 heteroatoms. The van der Waals surface area contributed by atoms with Crippen molar-refractivity contribution in [3.63, 3.8) is 0 Å². The van der Waals surface area contributed by atoms with Crippen molar-refractivity contribution in [3.8, 4) is 0 Å². The number of hydrogen-bond acceptors (Lipinski definition) is 3. The minimum Gasteiger partial charge on any atom is -0.478 e. The number of nitrogens with two attached hydrogens (primary N) is 1. The van der Waals surface area contributed by atoms with Crippen LogP contribution in [0, 0.1) is 23.2 Å². The summed E-state index contributed by atoms with van der Waals surface area (Å²) in [6.45, 7) is 0. The van der Waals surface area contributed by atoms with Crippen LogP contribution in [-0.2, 0) is 9.59 Å². The molecular formula is C20H23NO4. The molecule has 4 aliphatic carbocycles. The quantitative estimate of drug-likeness (QED) is 0.805. The number of ketones is 1. The Kier molecular flexibility index (Phi) is 3.71. The molecule has 0 heterocycles. The molecule has 25 heavy (non-hydrogen) atoms. The van der Waals surface area contributed by atoms with Crippen molar-refractivity contribution in [2.75, 3.05) is 0 Å². The summed E-state index contributed by atoms with van der Waals surface area (Å²) in [5.41, 5.74) is 5.85. The van der Waals surface area contributed by atoms with Gasteiger partial charge in [-0.15, -0.1) is 0 Å². The van der Waals surface area contributed by atoms with Crippen LogP contribution in [0.25, 0.3) is 0 Å². The first-order valence-corrected chi connectivity index (χ1v) is 9.05. The summed E-state index contributed by atoms with van der Waals surface area (Å²) < 4.78 is 0. The number of aromatic carboxylic acids is 1. The number of Topliss-reactive ketones (excluding diaryl/α,β-unsaturated/α-hetero) is 1. The lowest BCUT2D eigenvalue weighted by Gasteiger charge is -2.56. The van der Waals surface area contributed by atoms with Gasteiger partial charge >= 0.3 is 5.97 Å². The number of hydrogen-bond donors (Lipinski definition) is 2. The third-order valence-electron chi connectivity index (χ3n) is 6.60. The number of rotatable bonds is 5. The molecular weight excluding hydrogens is 318 g/mol. The van der Waals surface area contributed by atoms with Gasteiger partial charge in [0.1, 0.15) is 5.92 Å². The lowest BCUT2D eigenvalue weighted by atomic mass is 9.47. The summed E-state index contributed by atoms with van der Waals surface area (Å²) >= 11 is 0. The molecule has 4 bridgehead atoms. The second-order valence-electron chi connectivity index (χ2n) is 8.32. The molecule has 4 fully saturated rings. The highest BCUT2D eigenvalue weighted by Crippen LogP contribution is 2.61. The Morgan fingerprint density at radius 2 is 1.44 bits per heavy atom. The van der Waals surface area contributed by atoms with Crippen LogP contribution in [0.4, 0.5) is 0 Å². The molecule has 0 spiro atoms. The summed E-state index contributed by atoms with van der Waals surface area (Å²) in [7, 11) is 0. The minimum absolute atomic E-state index is 0.0397. The Balaban J connectivity index is 1.66. The van der Waals surface area contributed by atoms with Crippen LogP contribution >= 0.6 is 0 Å². The lowest BCUT2D eigenvalue weighted by molar-refractivity contribution is -0.148. The van der Waals surface area contributed by atoms with Crippen LogP contribution in [0.2, 0.25) is 0 Å². The predicted molar refractivity (Wildman–Crippen MR) is 90.9 cm³/mol. The molecule has 1 atom stereocenters. The maximum absolute atomic E-state index is 13.4. The van der Waals surface area contributed by atoms with E-state index in [1.165, 1.54) is 31.4 Å². The summed E-state index contributed by atoms with van der Waals surface area (Å²) in [6, 6.07) is 5.97. The smallest absolute Gasteiger partial charge is 0.335 e. The van der Waals surface area contributed by atoms with E-state index in [4.69, 9.17) is 10.8 Å². The zero-order valence-electron chi connectivity index (χ0n) is 14.1. The number of primary amides is 1. The van der Waals surface area contributed by atoms with E-state index in [9.17, 15) is 14.4 Å². The first-order chi connectivity index (χ1) is 11.9. The molecule has 4 saturated carbocycles. The standard InChI is InChI=1S/C20H23NO4/c21-18(23)16(14-1-3-15(4-2-14)19(24)25)17(22)20-8-11-5-12(9-20)7-13(6-11)10-20/h1-4,11-13,16H,5-10H2,(H2,21,23)(H,24,25). The van der Waals surface area contributed by atoms with Crippen molar-refractivity contribution in [2.24, 2.45) is 28.9 Å². The van der Waals surface area contributed by atoms with Gasteiger partial charge in [0.15, 0.2) is 5.78 Å². The van der Waals surface area contributed by atoms with Crippen LogP contribution in [0.3, 0.4) is 0 Å². The third-order valence-corrected chi connectivity index (χ3v) is 6.60. The second-order valence-corrected chi connectivity index (χ2v) is 8.32. The van der Waals surface area contributed by atoms with E-state index >= 15 is 0 Å². The van der Waals surface area contributed by atoms with Crippen molar-refractivity contribution in [3.05, 3.63) is 35.4 Å². The second kappa shape index (κ2) is 5.68. The van der Waals surface area contributed by atoms with Crippen LogP contribution in [0.5, 0.6) is 0 Å². The summed E-state index contributed by atoms with van der Waals surface area (Å²) in [4.78, 5) is 36.6. The van der Waals surface area contributed by atoms with Gasteiger partial charge in [0.05, 0.1) is 5.56 Å². The number of carboxylic acid groups (broad SMARTS) is 1. The van der Waals surface area contributed by atoms with Gasteiger partial charge in [0.2, 0.25) is 5.91 Å². The topological polar surface area (TPSA) is 97.5 Å². The zero-order valence-corrected chi connectivity index (χ0v) is 14.1. The molecule has 0 aliphatic heterocycles. The summed E-state index contributed by atoms with van der Waals surface area (Å²) in [6.07, 6.45) is 6.32. The van der Waals surface area contributed by atoms with E-state index in [1.807, 2.05) is 0 Å². The Bertz CT molecular complexity index is 701. The maximum atomic E-state index is 13.4. The van der Waals surface area contributed by atoms with Crippen molar-refractivity contribution in [2.45, 2.75) is 44.4 Å². The Morgan fingerprint density at radius 3 is 1.84 bits per heavy atom. The molecule has 0 aromatic heterocycles. The molecule has 1 aromatic carbocycles. The molecule has 3 N–H and O–H groups in total. The van der Waals surface area contributed by atoms with Crippen molar-refractivity contribution in [1.82, 2.24) is 0 Å². The van der Waals surface area contributed by atoms with Crippen molar-refractivity contribution >= 4 is 17.7 Å². The summed E-state index contributed by atoms with van der Waals surface area (Å²) in [5, 5.41) is 9.03. The van der Waals surface area contributed by atoms with E-state index in [2.05, 4.69) is 0 Å². The van der Waals surface area contributed by atoms with E-state index in [1.54, 1.807) is 12.1 Å². The molecule has 132 valence electrons. The van der Waals surface area contributed by atoms with E-state index in [0.717, 1.165) is 19.3 Å². The number of carbonyl (C=O) groups is 3. The Labute approximate surface area is 146 Å². The van der Waals surface area contributed by atoms with Gasteiger partial charge in [0, 0.05) is 5.41 Å². The molecule has 0 saturated heterocycles. The van der Waals surface area contributed by atoms with Gasteiger partial charge in [-0.2, -0.15) is 0 Å². The third kappa shape index (κ3) is 2.66. The number of benzene rings is 1. The highest BCUT2D eigenvalue weighted by Gasteiger charge is 2.56. The van der Waals surface area contributed by atoms with Gasteiger partial charge in [-0.3, -0.25) is 9.59 Å². The van der Waals surface area contributed by atoms with Gasteiger partial charge in [-0.1, -0.05) is 12.1 Å². The van der Waals surface area contributed by atoms with Gasteiger partial charge < -0.3 is 10.8 Å². The van der Waals surface area contributed by atoms with Gasteiger partial charge in [-0.05, 0) is 74.0 Å². The van der Waals surface area contributed by atoms with Crippen molar-refractivity contribution in [1.29, 1.82) is 0 Å².